The smallest absolute Gasteiger partial charge is 0.295 e. The van der Waals surface area contributed by atoms with Crippen LogP contribution in [0, 0.1) is 0 Å². The Bertz CT molecular complexity index is 1110. The normalized spacial score (nSPS) is 11.5. The molecule has 0 spiro atoms. The molecule has 0 unspecified atom stereocenters. The number of benzene rings is 2. The Morgan fingerprint density at radius 3 is 2.47 bits per heavy atom. The quantitative estimate of drug-likeness (QED) is 0.395. The summed E-state index contributed by atoms with van der Waals surface area (Å²) in [4.78, 5) is 6.01. The molecule has 2 heterocycles. The fraction of sp³-hybridized carbons (Fsp3) is 0.182. The van der Waals surface area contributed by atoms with Crippen LogP contribution in [0.15, 0.2) is 73.2 Å². The fourth-order valence-electron chi connectivity index (χ4n) is 3.32. The maximum atomic E-state index is 13.1. The van der Waals surface area contributed by atoms with Gasteiger partial charge in [0.15, 0.2) is 0 Å². The van der Waals surface area contributed by atoms with Crippen LogP contribution in [0.4, 0.5) is 8.78 Å². The Balaban J connectivity index is 1.64. The average Bonchev–Trinajstić information content (AvgIpc) is 3.36. The van der Waals surface area contributed by atoms with Crippen molar-refractivity contribution in [1.29, 1.82) is 0 Å². The summed E-state index contributed by atoms with van der Waals surface area (Å²) in [5.41, 5.74) is 3.67. The standard InChI is InChI=1S/C22H20ClF2N5/c1-28(15-20-26-11-12-29(20)22(24)25)13-17-14-30(19-5-3-2-4-6-19)27-21(17)16-7-9-18(23)10-8-16/h2-12,14,22H,13,15H2,1H3. The first-order valence-electron chi connectivity index (χ1n) is 9.39. The van der Waals surface area contributed by atoms with Crippen molar-refractivity contribution in [2.24, 2.45) is 0 Å². The summed E-state index contributed by atoms with van der Waals surface area (Å²) in [6.45, 7) is -1.81. The van der Waals surface area contributed by atoms with Crippen LogP contribution in [0.2, 0.25) is 5.02 Å². The Kier molecular flexibility index (Phi) is 5.92. The molecule has 0 amide bonds. The summed E-state index contributed by atoms with van der Waals surface area (Å²) in [7, 11) is 1.87. The van der Waals surface area contributed by atoms with Gasteiger partial charge < -0.3 is 0 Å². The number of hydrogen-bond donors (Lipinski definition) is 0. The van der Waals surface area contributed by atoms with E-state index in [1.165, 1.54) is 12.4 Å². The molecular weight excluding hydrogens is 408 g/mol. The van der Waals surface area contributed by atoms with E-state index >= 15 is 0 Å². The zero-order valence-electron chi connectivity index (χ0n) is 16.3. The lowest BCUT2D eigenvalue weighted by atomic mass is 10.1. The first-order valence-corrected chi connectivity index (χ1v) is 9.77. The van der Waals surface area contributed by atoms with Crippen LogP contribution >= 0.6 is 11.6 Å². The number of hydrogen-bond acceptors (Lipinski definition) is 3. The highest BCUT2D eigenvalue weighted by Gasteiger charge is 2.17. The predicted octanol–water partition coefficient (Wildman–Crippen LogP) is 5.42. The first-order chi connectivity index (χ1) is 14.5. The molecule has 0 fully saturated rings. The zero-order chi connectivity index (χ0) is 21.1. The third kappa shape index (κ3) is 4.42. The van der Waals surface area contributed by atoms with Crippen LogP contribution in [-0.2, 0) is 13.1 Å². The second-order valence-corrected chi connectivity index (χ2v) is 7.43. The van der Waals surface area contributed by atoms with Gasteiger partial charge >= 0.3 is 6.55 Å². The maximum Gasteiger partial charge on any atom is 0.319 e. The molecule has 0 radical (unpaired) electrons. The molecule has 0 aliphatic rings. The van der Waals surface area contributed by atoms with Crippen molar-refractivity contribution in [1.82, 2.24) is 24.2 Å². The summed E-state index contributed by atoms with van der Waals surface area (Å²) >= 11 is 6.04. The summed E-state index contributed by atoms with van der Waals surface area (Å²) in [6, 6.07) is 17.3. The summed E-state index contributed by atoms with van der Waals surface area (Å²) in [6.07, 6.45) is 4.65. The highest BCUT2D eigenvalue weighted by molar-refractivity contribution is 6.30. The molecule has 0 atom stereocenters. The van der Waals surface area contributed by atoms with Gasteiger partial charge in [-0.05, 0) is 31.3 Å². The zero-order valence-corrected chi connectivity index (χ0v) is 17.0. The summed E-state index contributed by atoms with van der Waals surface area (Å²) in [5.74, 6) is 0.316. The van der Waals surface area contributed by atoms with E-state index in [1.807, 2.05) is 77.4 Å². The van der Waals surface area contributed by atoms with Gasteiger partial charge in [0.05, 0.1) is 17.9 Å². The molecule has 0 aliphatic carbocycles. The molecule has 4 aromatic rings. The molecule has 0 N–H and O–H groups in total. The SMILES string of the molecule is CN(Cc1cn(-c2ccccc2)nc1-c1ccc(Cl)cc1)Cc1nccn1C(F)F. The molecule has 4 rings (SSSR count). The predicted molar refractivity (Wildman–Crippen MR) is 113 cm³/mol. The highest BCUT2D eigenvalue weighted by atomic mass is 35.5. The monoisotopic (exact) mass is 427 g/mol. The number of nitrogens with zero attached hydrogens (tertiary/aromatic N) is 5. The molecule has 2 aromatic carbocycles. The van der Waals surface area contributed by atoms with E-state index in [4.69, 9.17) is 16.7 Å². The van der Waals surface area contributed by atoms with Gasteiger partial charge in [-0.2, -0.15) is 13.9 Å². The Morgan fingerprint density at radius 1 is 1.03 bits per heavy atom. The van der Waals surface area contributed by atoms with E-state index in [9.17, 15) is 8.78 Å². The lowest BCUT2D eigenvalue weighted by Crippen LogP contribution is -2.20. The molecule has 0 saturated heterocycles. The van der Waals surface area contributed by atoms with Gasteiger partial charge in [0.2, 0.25) is 0 Å². The van der Waals surface area contributed by atoms with E-state index in [-0.39, 0.29) is 6.54 Å². The third-order valence-corrected chi connectivity index (χ3v) is 4.99. The van der Waals surface area contributed by atoms with E-state index in [2.05, 4.69) is 4.98 Å². The summed E-state index contributed by atoms with van der Waals surface area (Å²) < 4.78 is 29.0. The second kappa shape index (κ2) is 8.77. The van der Waals surface area contributed by atoms with Crippen molar-refractivity contribution in [3.8, 4) is 16.9 Å². The van der Waals surface area contributed by atoms with E-state index < -0.39 is 6.55 Å². The average molecular weight is 428 g/mol. The minimum Gasteiger partial charge on any atom is -0.295 e. The van der Waals surface area contributed by atoms with E-state index in [0.29, 0.717) is 17.4 Å². The Hall–Kier alpha value is -3.03. The lowest BCUT2D eigenvalue weighted by Gasteiger charge is -2.17. The van der Waals surface area contributed by atoms with Crippen molar-refractivity contribution in [2.75, 3.05) is 7.05 Å². The largest absolute Gasteiger partial charge is 0.319 e. The topological polar surface area (TPSA) is 38.9 Å². The highest BCUT2D eigenvalue weighted by Crippen LogP contribution is 2.26. The third-order valence-electron chi connectivity index (χ3n) is 4.74. The van der Waals surface area contributed by atoms with E-state index in [0.717, 1.165) is 27.1 Å². The van der Waals surface area contributed by atoms with Gasteiger partial charge in [-0.1, -0.05) is 41.9 Å². The molecule has 5 nitrogen and oxygen atoms in total. The van der Waals surface area contributed by atoms with Crippen LogP contribution in [0.3, 0.4) is 0 Å². The number of para-hydroxylation sites is 1. The molecule has 0 bridgehead atoms. The first kappa shape index (κ1) is 20.3. The Labute approximate surface area is 178 Å². The van der Waals surface area contributed by atoms with Crippen molar-refractivity contribution in [2.45, 2.75) is 19.6 Å². The van der Waals surface area contributed by atoms with Gasteiger partial charge in [0, 0.05) is 41.3 Å². The van der Waals surface area contributed by atoms with Gasteiger partial charge in [0.1, 0.15) is 5.82 Å². The molecule has 2 aromatic heterocycles. The van der Waals surface area contributed by atoms with Crippen molar-refractivity contribution in [3.05, 3.63) is 89.6 Å². The molecule has 8 heteroatoms. The van der Waals surface area contributed by atoms with E-state index in [1.54, 1.807) is 0 Å². The molecule has 0 aliphatic heterocycles. The van der Waals surface area contributed by atoms with Crippen LogP contribution in [0.1, 0.15) is 17.9 Å². The molecular formula is C22H20ClF2N5. The lowest BCUT2D eigenvalue weighted by molar-refractivity contribution is 0.0644. The second-order valence-electron chi connectivity index (χ2n) is 6.99. The number of halogens is 3. The number of rotatable bonds is 7. The minimum absolute atomic E-state index is 0.286. The van der Waals surface area contributed by atoms with Gasteiger partial charge in [-0.3, -0.25) is 9.47 Å². The van der Waals surface area contributed by atoms with Gasteiger partial charge in [-0.15, -0.1) is 0 Å². The molecule has 30 heavy (non-hydrogen) atoms. The summed E-state index contributed by atoms with van der Waals surface area (Å²) in [5, 5.41) is 5.43. The maximum absolute atomic E-state index is 13.1. The van der Waals surface area contributed by atoms with Gasteiger partial charge in [-0.25, -0.2) is 9.67 Å². The van der Waals surface area contributed by atoms with Crippen molar-refractivity contribution < 1.29 is 8.78 Å². The Morgan fingerprint density at radius 2 is 1.77 bits per heavy atom. The van der Waals surface area contributed by atoms with Crippen molar-refractivity contribution in [3.63, 3.8) is 0 Å². The van der Waals surface area contributed by atoms with Crippen LogP contribution in [0.25, 0.3) is 16.9 Å². The number of alkyl halides is 2. The van der Waals surface area contributed by atoms with Crippen LogP contribution < -0.4 is 0 Å². The van der Waals surface area contributed by atoms with Gasteiger partial charge in [0.25, 0.3) is 0 Å². The van der Waals surface area contributed by atoms with Crippen LogP contribution in [-0.4, -0.2) is 31.3 Å². The van der Waals surface area contributed by atoms with Crippen LogP contribution in [0.5, 0.6) is 0 Å². The number of aromatic nitrogens is 4. The minimum atomic E-state index is -2.61. The van der Waals surface area contributed by atoms with Crippen molar-refractivity contribution >= 4 is 11.6 Å². The number of imidazole rings is 1. The molecule has 0 saturated carbocycles. The molecule has 154 valence electrons. The fourth-order valence-corrected chi connectivity index (χ4v) is 3.45.